The number of urea groups is 1. The van der Waals surface area contributed by atoms with Crippen LogP contribution >= 0.6 is 0 Å². The van der Waals surface area contributed by atoms with E-state index in [9.17, 15) is 14.4 Å². The molecule has 0 aliphatic carbocycles. The van der Waals surface area contributed by atoms with Crippen LogP contribution in [0.1, 0.15) is 16.9 Å². The predicted molar refractivity (Wildman–Crippen MR) is 74.2 cm³/mol. The summed E-state index contributed by atoms with van der Waals surface area (Å²) < 4.78 is 0. The molecule has 1 aliphatic heterocycles. The quantitative estimate of drug-likeness (QED) is 0.868. The van der Waals surface area contributed by atoms with Gasteiger partial charge in [-0.2, -0.15) is 0 Å². The molecule has 106 valence electrons. The molecule has 1 aromatic carbocycles. The summed E-state index contributed by atoms with van der Waals surface area (Å²) >= 11 is 0. The number of carbonyl (C=O) groups excluding carboxylic acids is 2. The molecule has 1 aliphatic rings. The molecule has 0 spiro atoms. The Kier molecular flexibility index (Phi) is 3.02. The number of carboxylic acids is 1. The van der Waals surface area contributed by atoms with Crippen LogP contribution in [0.4, 0.5) is 10.5 Å². The van der Waals surface area contributed by atoms with E-state index in [0.29, 0.717) is 11.2 Å². The van der Waals surface area contributed by atoms with Gasteiger partial charge in [0.05, 0.1) is 11.2 Å². The highest BCUT2D eigenvalue weighted by Gasteiger charge is 2.26. The topological polar surface area (TPSA) is 99.6 Å². The molecule has 0 saturated carbocycles. The van der Waals surface area contributed by atoms with E-state index < -0.39 is 12.0 Å². The summed E-state index contributed by atoms with van der Waals surface area (Å²) in [6.45, 7) is 0.239. The summed E-state index contributed by atoms with van der Waals surface area (Å²) in [5, 5.41) is 12.0. The number of hydrogen-bond acceptors (Lipinski definition) is 4. The third-order valence-corrected chi connectivity index (χ3v) is 3.26. The minimum absolute atomic E-state index is 0.0940. The molecular weight excluding hydrogens is 274 g/mol. The Morgan fingerprint density at radius 2 is 2.05 bits per heavy atom. The van der Waals surface area contributed by atoms with E-state index >= 15 is 0 Å². The van der Waals surface area contributed by atoms with E-state index in [0.717, 1.165) is 5.39 Å². The first-order chi connectivity index (χ1) is 10.1. The van der Waals surface area contributed by atoms with E-state index in [-0.39, 0.29) is 24.6 Å². The van der Waals surface area contributed by atoms with Crippen molar-refractivity contribution in [1.82, 2.24) is 10.3 Å². The van der Waals surface area contributed by atoms with Gasteiger partial charge in [-0.1, -0.05) is 18.2 Å². The first-order valence-corrected chi connectivity index (χ1v) is 6.30. The highest BCUT2D eigenvalue weighted by Crippen LogP contribution is 2.26. The van der Waals surface area contributed by atoms with E-state index in [4.69, 9.17) is 5.11 Å². The smallest absolute Gasteiger partial charge is 0.354 e. The molecule has 0 bridgehead atoms. The molecule has 0 atom stereocenters. The Balaban J connectivity index is 2.13. The molecule has 1 fully saturated rings. The van der Waals surface area contributed by atoms with Gasteiger partial charge in [-0.15, -0.1) is 0 Å². The number of nitrogens with zero attached hydrogens (tertiary/aromatic N) is 2. The van der Waals surface area contributed by atoms with Crippen molar-refractivity contribution in [1.29, 1.82) is 0 Å². The van der Waals surface area contributed by atoms with Gasteiger partial charge in [-0.05, 0) is 12.1 Å². The molecule has 7 nitrogen and oxygen atoms in total. The Bertz CT molecular complexity index is 772. The normalized spacial score (nSPS) is 15.1. The number of amides is 3. The number of carbonyl (C=O) groups is 3. The molecule has 2 aromatic rings. The molecule has 2 N–H and O–H groups in total. The minimum atomic E-state index is -1.13. The lowest BCUT2D eigenvalue weighted by Gasteiger charge is -2.27. The molecule has 0 unspecified atom stereocenters. The van der Waals surface area contributed by atoms with Crippen molar-refractivity contribution in [2.24, 2.45) is 0 Å². The van der Waals surface area contributed by atoms with Crippen LogP contribution in [0.5, 0.6) is 0 Å². The van der Waals surface area contributed by atoms with Crippen molar-refractivity contribution in [3.8, 4) is 0 Å². The van der Waals surface area contributed by atoms with E-state index in [1.807, 2.05) is 0 Å². The summed E-state index contributed by atoms with van der Waals surface area (Å²) in [4.78, 5) is 39.7. The van der Waals surface area contributed by atoms with Gasteiger partial charge in [0.25, 0.3) is 0 Å². The van der Waals surface area contributed by atoms with E-state index in [2.05, 4.69) is 10.3 Å². The zero-order chi connectivity index (χ0) is 15.0. The third-order valence-electron chi connectivity index (χ3n) is 3.26. The number of fused-ring (bicyclic) bond motifs is 1. The van der Waals surface area contributed by atoms with E-state index in [1.165, 1.54) is 11.0 Å². The summed E-state index contributed by atoms with van der Waals surface area (Å²) in [6, 6.07) is 7.74. The van der Waals surface area contributed by atoms with Crippen LogP contribution in [0.15, 0.2) is 30.3 Å². The number of benzene rings is 1. The molecule has 0 radical (unpaired) electrons. The fourth-order valence-electron chi connectivity index (χ4n) is 2.26. The Hall–Kier alpha value is -2.96. The van der Waals surface area contributed by atoms with Gasteiger partial charge in [0.15, 0.2) is 0 Å². The zero-order valence-corrected chi connectivity index (χ0v) is 10.9. The maximum Gasteiger partial charge on any atom is 0.354 e. The standard InChI is InChI=1S/C14H11N3O4/c18-11-6-7-17(14(21)16-11)10-3-1-2-8-4-5-9(13(19)20)15-12(8)10/h1-5H,6-7H2,(H,19,20)(H,16,18,21). The SMILES string of the molecule is O=C1CCN(c2cccc3ccc(C(=O)O)nc23)C(=O)N1. The first-order valence-electron chi connectivity index (χ1n) is 6.30. The number of pyridine rings is 1. The number of hydrogen-bond donors (Lipinski definition) is 2. The largest absolute Gasteiger partial charge is 0.477 e. The van der Waals surface area contributed by atoms with Gasteiger partial charge >= 0.3 is 12.0 Å². The molecule has 3 rings (SSSR count). The van der Waals surface area contributed by atoms with Crippen molar-refractivity contribution < 1.29 is 19.5 Å². The summed E-state index contributed by atoms with van der Waals surface area (Å²) in [5.74, 6) is -1.46. The number of nitrogens with one attached hydrogen (secondary N) is 1. The van der Waals surface area contributed by atoms with Crippen LogP contribution in [0.2, 0.25) is 0 Å². The average molecular weight is 285 g/mol. The van der Waals surface area contributed by atoms with Crippen LogP contribution in [0.25, 0.3) is 10.9 Å². The van der Waals surface area contributed by atoms with Gasteiger partial charge < -0.3 is 5.11 Å². The van der Waals surface area contributed by atoms with Crippen LogP contribution in [0, 0.1) is 0 Å². The van der Waals surface area contributed by atoms with Crippen molar-refractivity contribution in [3.05, 3.63) is 36.0 Å². The molecule has 3 amide bonds. The van der Waals surface area contributed by atoms with E-state index in [1.54, 1.807) is 24.3 Å². The van der Waals surface area contributed by atoms with Gasteiger partial charge in [0, 0.05) is 18.4 Å². The van der Waals surface area contributed by atoms with Gasteiger partial charge in [0.2, 0.25) is 5.91 Å². The number of rotatable bonds is 2. The Labute approximate surface area is 119 Å². The number of imide groups is 1. The average Bonchev–Trinajstić information content (AvgIpc) is 2.46. The number of aromatic nitrogens is 1. The molecule has 21 heavy (non-hydrogen) atoms. The Morgan fingerprint density at radius 1 is 1.24 bits per heavy atom. The van der Waals surface area contributed by atoms with Crippen LogP contribution in [-0.4, -0.2) is 34.5 Å². The first kappa shape index (κ1) is 13.0. The molecule has 1 saturated heterocycles. The van der Waals surface area contributed by atoms with Gasteiger partial charge in [-0.25, -0.2) is 14.6 Å². The second kappa shape index (κ2) is 4.86. The van der Waals surface area contributed by atoms with Crippen molar-refractivity contribution in [3.63, 3.8) is 0 Å². The summed E-state index contributed by atoms with van der Waals surface area (Å²) in [7, 11) is 0. The van der Waals surface area contributed by atoms with Crippen LogP contribution in [0.3, 0.4) is 0 Å². The van der Waals surface area contributed by atoms with Gasteiger partial charge in [0.1, 0.15) is 5.69 Å². The predicted octanol–water partition coefficient (Wildman–Crippen LogP) is 1.38. The van der Waals surface area contributed by atoms with Crippen molar-refractivity contribution in [2.45, 2.75) is 6.42 Å². The monoisotopic (exact) mass is 285 g/mol. The maximum absolute atomic E-state index is 11.9. The number of anilines is 1. The number of para-hydroxylation sites is 1. The second-order valence-electron chi connectivity index (χ2n) is 4.61. The zero-order valence-electron chi connectivity index (χ0n) is 10.9. The second-order valence-corrected chi connectivity index (χ2v) is 4.61. The lowest BCUT2D eigenvalue weighted by atomic mass is 10.1. The Morgan fingerprint density at radius 3 is 2.76 bits per heavy atom. The highest BCUT2D eigenvalue weighted by atomic mass is 16.4. The van der Waals surface area contributed by atoms with Crippen molar-refractivity contribution in [2.75, 3.05) is 11.4 Å². The summed E-state index contributed by atoms with van der Waals surface area (Å²) in [6.07, 6.45) is 0.195. The number of aromatic carboxylic acids is 1. The summed E-state index contributed by atoms with van der Waals surface area (Å²) in [5.41, 5.74) is 0.811. The van der Waals surface area contributed by atoms with Crippen LogP contribution in [-0.2, 0) is 4.79 Å². The molecule has 1 aromatic heterocycles. The highest BCUT2D eigenvalue weighted by molar-refractivity contribution is 6.09. The number of carboxylic acid groups (broad SMARTS) is 1. The maximum atomic E-state index is 11.9. The lowest BCUT2D eigenvalue weighted by molar-refractivity contribution is -0.120. The lowest BCUT2D eigenvalue weighted by Crippen LogP contribution is -2.49. The minimum Gasteiger partial charge on any atom is -0.477 e. The fraction of sp³-hybridized carbons (Fsp3) is 0.143. The fourth-order valence-corrected chi connectivity index (χ4v) is 2.26. The molecular formula is C14H11N3O4. The molecule has 7 heteroatoms. The van der Waals surface area contributed by atoms with Crippen LogP contribution < -0.4 is 10.2 Å². The third kappa shape index (κ3) is 2.29. The van der Waals surface area contributed by atoms with Crippen molar-refractivity contribution >= 4 is 34.5 Å². The molecule has 2 heterocycles. The van der Waals surface area contributed by atoms with Gasteiger partial charge in [-0.3, -0.25) is 15.0 Å².